The quantitative estimate of drug-likeness (QED) is 0.506. The molecule has 142 valence electrons. The Balaban J connectivity index is 1.45. The molecular formula is C25H30FN. The van der Waals surface area contributed by atoms with Crippen molar-refractivity contribution in [2.45, 2.75) is 64.2 Å². The van der Waals surface area contributed by atoms with Crippen molar-refractivity contribution in [3.05, 3.63) is 71.2 Å². The van der Waals surface area contributed by atoms with E-state index in [0.29, 0.717) is 5.92 Å². The normalized spacial score (nSPS) is 21.1. The van der Waals surface area contributed by atoms with Crippen molar-refractivity contribution in [3.63, 3.8) is 0 Å². The maximum absolute atomic E-state index is 13.5. The van der Waals surface area contributed by atoms with Crippen LogP contribution in [0.4, 0.5) is 4.39 Å². The van der Waals surface area contributed by atoms with Crippen LogP contribution in [0.5, 0.6) is 0 Å². The molecule has 0 spiro atoms. The minimum absolute atomic E-state index is 0.153. The van der Waals surface area contributed by atoms with E-state index in [0.717, 1.165) is 23.2 Å². The zero-order valence-corrected chi connectivity index (χ0v) is 16.3. The molecule has 2 unspecified atom stereocenters. The monoisotopic (exact) mass is 363 g/mol. The minimum Gasteiger partial charge on any atom is -0.358 e. The predicted octanol–water partition coefficient (Wildman–Crippen LogP) is 7.17. The van der Waals surface area contributed by atoms with Gasteiger partial charge in [-0.25, -0.2) is 4.39 Å². The summed E-state index contributed by atoms with van der Waals surface area (Å²) in [7, 11) is 0. The van der Waals surface area contributed by atoms with Gasteiger partial charge >= 0.3 is 0 Å². The summed E-state index contributed by atoms with van der Waals surface area (Å²) < 4.78 is 13.5. The molecule has 1 aliphatic carbocycles. The largest absolute Gasteiger partial charge is 0.358 e. The highest BCUT2D eigenvalue weighted by molar-refractivity contribution is 5.80. The van der Waals surface area contributed by atoms with Crippen LogP contribution in [-0.2, 0) is 12.8 Å². The SMILES string of the molecule is CCc1cccc(CC2CCCCC(c3cc4cc(F)ccc4[nH]3)CC2)c1. The van der Waals surface area contributed by atoms with E-state index in [2.05, 4.69) is 42.2 Å². The summed E-state index contributed by atoms with van der Waals surface area (Å²) in [6.45, 7) is 2.23. The lowest BCUT2D eigenvalue weighted by Crippen LogP contribution is -2.12. The van der Waals surface area contributed by atoms with Crippen molar-refractivity contribution in [2.75, 3.05) is 0 Å². The van der Waals surface area contributed by atoms with Gasteiger partial charge in [0.15, 0.2) is 0 Å². The topological polar surface area (TPSA) is 15.8 Å². The standard InChI is InChI=1S/C25H30FN/c1-2-18-7-5-8-20(14-18)15-19-6-3-4-9-21(11-10-19)25-17-22-16-23(26)12-13-24(22)27-25/h5,7-8,12-14,16-17,19,21,27H,2-4,6,9-11,15H2,1H3. The van der Waals surface area contributed by atoms with Gasteiger partial charge in [0.2, 0.25) is 0 Å². The first-order valence-corrected chi connectivity index (χ1v) is 10.6. The van der Waals surface area contributed by atoms with E-state index >= 15 is 0 Å². The Bertz CT molecular complexity index is 894. The molecule has 0 amide bonds. The van der Waals surface area contributed by atoms with Crippen LogP contribution in [0.3, 0.4) is 0 Å². The molecule has 1 N–H and O–H groups in total. The highest BCUT2D eigenvalue weighted by atomic mass is 19.1. The molecule has 1 aromatic heterocycles. The molecule has 2 aromatic carbocycles. The molecule has 1 saturated carbocycles. The van der Waals surface area contributed by atoms with E-state index < -0.39 is 0 Å². The van der Waals surface area contributed by atoms with Crippen LogP contribution in [0.25, 0.3) is 10.9 Å². The van der Waals surface area contributed by atoms with E-state index in [1.165, 1.54) is 61.8 Å². The number of hydrogen-bond acceptors (Lipinski definition) is 0. The average Bonchev–Trinajstić information content (AvgIpc) is 3.07. The van der Waals surface area contributed by atoms with Gasteiger partial charge < -0.3 is 4.98 Å². The van der Waals surface area contributed by atoms with Gasteiger partial charge in [0.05, 0.1) is 0 Å². The maximum atomic E-state index is 13.5. The molecule has 3 aromatic rings. The fraction of sp³-hybridized carbons (Fsp3) is 0.440. The van der Waals surface area contributed by atoms with E-state index in [1.54, 1.807) is 12.1 Å². The molecule has 2 heteroatoms. The van der Waals surface area contributed by atoms with Gasteiger partial charge in [-0.1, -0.05) is 50.5 Å². The van der Waals surface area contributed by atoms with Crippen LogP contribution in [-0.4, -0.2) is 4.98 Å². The molecule has 2 atom stereocenters. The Morgan fingerprint density at radius 2 is 1.78 bits per heavy atom. The molecule has 1 heterocycles. The second kappa shape index (κ2) is 8.29. The third kappa shape index (κ3) is 4.43. The number of fused-ring (bicyclic) bond motifs is 1. The second-order valence-electron chi connectivity index (χ2n) is 8.26. The fourth-order valence-electron chi connectivity index (χ4n) is 4.72. The summed E-state index contributed by atoms with van der Waals surface area (Å²) in [5.41, 5.74) is 5.30. The Morgan fingerprint density at radius 3 is 2.67 bits per heavy atom. The molecular weight excluding hydrogens is 333 g/mol. The molecule has 1 nitrogen and oxygen atoms in total. The minimum atomic E-state index is -0.153. The van der Waals surface area contributed by atoms with E-state index in [1.807, 2.05) is 6.07 Å². The Kier molecular flexibility index (Phi) is 5.61. The number of aromatic nitrogens is 1. The number of aryl methyl sites for hydroxylation is 1. The lowest BCUT2D eigenvalue weighted by atomic mass is 9.81. The van der Waals surface area contributed by atoms with Gasteiger partial charge in [0.25, 0.3) is 0 Å². The molecule has 1 fully saturated rings. The van der Waals surface area contributed by atoms with E-state index in [-0.39, 0.29) is 5.82 Å². The third-order valence-electron chi connectivity index (χ3n) is 6.31. The fourth-order valence-corrected chi connectivity index (χ4v) is 4.72. The van der Waals surface area contributed by atoms with Gasteiger partial charge in [-0.15, -0.1) is 0 Å². The first-order valence-electron chi connectivity index (χ1n) is 10.6. The van der Waals surface area contributed by atoms with Gasteiger partial charge in [-0.3, -0.25) is 0 Å². The number of hydrogen-bond donors (Lipinski definition) is 1. The van der Waals surface area contributed by atoms with Crippen molar-refractivity contribution < 1.29 is 4.39 Å². The zero-order chi connectivity index (χ0) is 18.6. The Hall–Kier alpha value is -2.09. The highest BCUT2D eigenvalue weighted by Gasteiger charge is 2.20. The molecule has 1 aliphatic rings. The van der Waals surface area contributed by atoms with Crippen molar-refractivity contribution >= 4 is 10.9 Å². The van der Waals surface area contributed by atoms with Crippen LogP contribution in [0.2, 0.25) is 0 Å². The number of benzene rings is 2. The maximum Gasteiger partial charge on any atom is 0.123 e. The average molecular weight is 364 g/mol. The number of aromatic amines is 1. The Morgan fingerprint density at radius 1 is 0.926 bits per heavy atom. The number of nitrogens with one attached hydrogen (secondary N) is 1. The smallest absolute Gasteiger partial charge is 0.123 e. The summed E-state index contributed by atoms with van der Waals surface area (Å²) in [6.07, 6.45) is 10.0. The second-order valence-corrected chi connectivity index (χ2v) is 8.26. The number of halogens is 1. The number of rotatable bonds is 4. The van der Waals surface area contributed by atoms with Crippen LogP contribution < -0.4 is 0 Å². The summed E-state index contributed by atoms with van der Waals surface area (Å²) >= 11 is 0. The molecule has 0 saturated heterocycles. The first-order chi connectivity index (χ1) is 13.2. The Labute approximate surface area is 162 Å². The van der Waals surface area contributed by atoms with E-state index in [4.69, 9.17) is 0 Å². The first kappa shape index (κ1) is 18.3. The van der Waals surface area contributed by atoms with Gasteiger partial charge in [-0.2, -0.15) is 0 Å². The summed E-state index contributed by atoms with van der Waals surface area (Å²) in [4.78, 5) is 3.55. The third-order valence-corrected chi connectivity index (χ3v) is 6.31. The van der Waals surface area contributed by atoms with Crippen molar-refractivity contribution in [1.82, 2.24) is 4.98 Å². The summed E-state index contributed by atoms with van der Waals surface area (Å²) in [6, 6.07) is 16.3. The summed E-state index contributed by atoms with van der Waals surface area (Å²) in [5, 5.41) is 1.000. The van der Waals surface area contributed by atoms with Crippen LogP contribution in [0.15, 0.2) is 48.5 Å². The molecule has 0 bridgehead atoms. The molecule has 27 heavy (non-hydrogen) atoms. The zero-order valence-electron chi connectivity index (χ0n) is 16.3. The predicted molar refractivity (Wildman–Crippen MR) is 112 cm³/mol. The molecule has 0 radical (unpaired) electrons. The lowest BCUT2D eigenvalue weighted by Gasteiger charge is -2.25. The van der Waals surface area contributed by atoms with Gasteiger partial charge in [0.1, 0.15) is 5.82 Å². The van der Waals surface area contributed by atoms with Crippen molar-refractivity contribution in [3.8, 4) is 0 Å². The van der Waals surface area contributed by atoms with Crippen molar-refractivity contribution in [1.29, 1.82) is 0 Å². The molecule has 0 aliphatic heterocycles. The summed E-state index contributed by atoms with van der Waals surface area (Å²) in [5.74, 6) is 1.20. The molecule has 4 rings (SSSR count). The van der Waals surface area contributed by atoms with Gasteiger partial charge in [0, 0.05) is 16.6 Å². The van der Waals surface area contributed by atoms with Crippen molar-refractivity contribution in [2.24, 2.45) is 5.92 Å². The van der Waals surface area contributed by atoms with E-state index in [9.17, 15) is 4.39 Å². The van der Waals surface area contributed by atoms with Crippen LogP contribution in [0.1, 0.15) is 68.2 Å². The highest BCUT2D eigenvalue weighted by Crippen LogP contribution is 2.35. The van der Waals surface area contributed by atoms with Crippen LogP contribution >= 0.6 is 0 Å². The number of H-pyrrole nitrogens is 1. The van der Waals surface area contributed by atoms with Gasteiger partial charge in [-0.05, 0) is 79.3 Å². The lowest BCUT2D eigenvalue weighted by molar-refractivity contribution is 0.351. The van der Waals surface area contributed by atoms with Crippen LogP contribution in [0, 0.1) is 11.7 Å².